The maximum absolute atomic E-state index is 5.99. The van der Waals surface area contributed by atoms with Crippen LogP contribution in [-0.4, -0.2) is 20.2 Å². The molecular formula is C16H27NO. The largest absolute Gasteiger partial charge is 0.493 e. The second kappa shape index (κ2) is 6.24. The van der Waals surface area contributed by atoms with Crippen molar-refractivity contribution in [2.24, 2.45) is 5.92 Å². The lowest BCUT2D eigenvalue weighted by Crippen LogP contribution is -2.22. The minimum atomic E-state index is 0.119. The Kier molecular flexibility index (Phi) is 5.21. The fourth-order valence-corrected chi connectivity index (χ4v) is 2.00. The van der Waals surface area contributed by atoms with Crippen LogP contribution < -0.4 is 10.1 Å². The Morgan fingerprint density at radius 1 is 1.28 bits per heavy atom. The van der Waals surface area contributed by atoms with Gasteiger partial charge in [-0.1, -0.05) is 45.4 Å². The monoisotopic (exact) mass is 249 g/mol. The van der Waals surface area contributed by atoms with Crippen molar-refractivity contribution < 1.29 is 4.74 Å². The number of nitrogens with one attached hydrogen (secondary N) is 1. The third kappa shape index (κ3) is 4.34. The van der Waals surface area contributed by atoms with Gasteiger partial charge in [0.1, 0.15) is 5.75 Å². The van der Waals surface area contributed by atoms with Gasteiger partial charge in [-0.25, -0.2) is 0 Å². The van der Waals surface area contributed by atoms with Crippen LogP contribution in [0.2, 0.25) is 0 Å². The molecule has 1 aromatic rings. The van der Waals surface area contributed by atoms with E-state index in [-0.39, 0.29) is 5.41 Å². The minimum absolute atomic E-state index is 0.119. The molecular weight excluding hydrogens is 222 g/mol. The van der Waals surface area contributed by atoms with Crippen LogP contribution in [0.15, 0.2) is 18.2 Å². The standard InChI is InChI=1S/C16H27NO/c1-12-7-8-15(14(9-12)16(3,4)5)18-11-13(2)10-17-6/h7-9,13,17H,10-11H2,1-6H3. The average Bonchev–Trinajstić information content (AvgIpc) is 2.26. The summed E-state index contributed by atoms with van der Waals surface area (Å²) in [5.41, 5.74) is 2.70. The van der Waals surface area contributed by atoms with Gasteiger partial charge in [0, 0.05) is 12.5 Å². The molecule has 1 unspecified atom stereocenters. The molecule has 18 heavy (non-hydrogen) atoms. The highest BCUT2D eigenvalue weighted by Gasteiger charge is 2.19. The second-order valence-corrected chi connectivity index (χ2v) is 6.22. The summed E-state index contributed by atoms with van der Waals surface area (Å²) in [5, 5.41) is 3.18. The van der Waals surface area contributed by atoms with Gasteiger partial charge < -0.3 is 10.1 Å². The zero-order valence-corrected chi connectivity index (χ0v) is 12.6. The topological polar surface area (TPSA) is 21.3 Å². The summed E-state index contributed by atoms with van der Waals surface area (Å²) in [7, 11) is 1.98. The fraction of sp³-hybridized carbons (Fsp3) is 0.625. The van der Waals surface area contributed by atoms with Crippen molar-refractivity contribution in [2.45, 2.75) is 40.0 Å². The van der Waals surface area contributed by atoms with Gasteiger partial charge in [-0.3, -0.25) is 0 Å². The summed E-state index contributed by atoms with van der Waals surface area (Å²) in [6, 6.07) is 6.45. The molecule has 0 heterocycles. The molecule has 1 N–H and O–H groups in total. The predicted molar refractivity (Wildman–Crippen MR) is 78.5 cm³/mol. The molecule has 0 saturated heterocycles. The van der Waals surface area contributed by atoms with Gasteiger partial charge in [0.25, 0.3) is 0 Å². The number of rotatable bonds is 5. The number of hydrogen-bond donors (Lipinski definition) is 1. The van der Waals surface area contributed by atoms with Crippen molar-refractivity contribution in [3.05, 3.63) is 29.3 Å². The van der Waals surface area contributed by atoms with Gasteiger partial charge >= 0.3 is 0 Å². The van der Waals surface area contributed by atoms with Crippen LogP contribution in [0.1, 0.15) is 38.8 Å². The SMILES string of the molecule is CNCC(C)COc1ccc(C)cc1C(C)(C)C. The van der Waals surface area contributed by atoms with Crippen LogP contribution in [0.3, 0.4) is 0 Å². The predicted octanol–water partition coefficient (Wildman–Crippen LogP) is 3.53. The van der Waals surface area contributed by atoms with Gasteiger partial charge in [-0.2, -0.15) is 0 Å². The Balaban J connectivity index is 2.82. The quantitative estimate of drug-likeness (QED) is 0.862. The summed E-state index contributed by atoms with van der Waals surface area (Å²) in [4.78, 5) is 0. The van der Waals surface area contributed by atoms with Crippen molar-refractivity contribution >= 4 is 0 Å². The molecule has 2 nitrogen and oxygen atoms in total. The van der Waals surface area contributed by atoms with E-state index in [4.69, 9.17) is 4.74 Å². The van der Waals surface area contributed by atoms with Gasteiger partial charge in [0.15, 0.2) is 0 Å². The first-order valence-electron chi connectivity index (χ1n) is 6.73. The molecule has 0 radical (unpaired) electrons. The van der Waals surface area contributed by atoms with E-state index in [2.05, 4.69) is 58.1 Å². The highest BCUT2D eigenvalue weighted by molar-refractivity contribution is 5.41. The molecule has 1 aromatic carbocycles. The van der Waals surface area contributed by atoms with Gasteiger partial charge in [0.05, 0.1) is 6.61 Å². The first-order chi connectivity index (χ1) is 8.34. The Morgan fingerprint density at radius 3 is 2.50 bits per heavy atom. The lowest BCUT2D eigenvalue weighted by atomic mass is 9.85. The van der Waals surface area contributed by atoms with Gasteiger partial charge in [-0.15, -0.1) is 0 Å². The lowest BCUT2D eigenvalue weighted by molar-refractivity contribution is 0.252. The minimum Gasteiger partial charge on any atom is -0.493 e. The molecule has 1 rings (SSSR count). The first kappa shape index (κ1) is 15.0. The Bertz CT molecular complexity index is 379. The smallest absolute Gasteiger partial charge is 0.123 e. The van der Waals surface area contributed by atoms with Crippen molar-refractivity contribution in [1.29, 1.82) is 0 Å². The fourth-order valence-electron chi connectivity index (χ4n) is 2.00. The summed E-state index contributed by atoms with van der Waals surface area (Å²) in [6.45, 7) is 12.7. The molecule has 0 saturated carbocycles. The van der Waals surface area contributed by atoms with Crippen molar-refractivity contribution in [1.82, 2.24) is 5.32 Å². The Labute approximate surface area is 112 Å². The highest BCUT2D eigenvalue weighted by Crippen LogP contribution is 2.32. The maximum Gasteiger partial charge on any atom is 0.123 e. The van der Waals surface area contributed by atoms with E-state index >= 15 is 0 Å². The number of hydrogen-bond acceptors (Lipinski definition) is 2. The lowest BCUT2D eigenvalue weighted by Gasteiger charge is -2.24. The van der Waals surface area contributed by atoms with Crippen LogP contribution in [0.4, 0.5) is 0 Å². The van der Waals surface area contributed by atoms with Crippen molar-refractivity contribution in [2.75, 3.05) is 20.2 Å². The molecule has 0 spiro atoms. The molecule has 102 valence electrons. The molecule has 0 aliphatic rings. The molecule has 0 fully saturated rings. The average molecular weight is 249 g/mol. The van der Waals surface area contributed by atoms with E-state index in [0.717, 1.165) is 18.9 Å². The zero-order chi connectivity index (χ0) is 13.8. The normalized spacial score (nSPS) is 13.4. The van der Waals surface area contributed by atoms with E-state index < -0.39 is 0 Å². The van der Waals surface area contributed by atoms with E-state index in [1.54, 1.807) is 0 Å². The van der Waals surface area contributed by atoms with Crippen LogP contribution in [0.5, 0.6) is 5.75 Å². The number of benzene rings is 1. The van der Waals surface area contributed by atoms with Crippen molar-refractivity contribution in [3.63, 3.8) is 0 Å². The van der Waals surface area contributed by atoms with Gasteiger partial charge in [-0.05, 0) is 31.0 Å². The van der Waals surface area contributed by atoms with E-state index in [9.17, 15) is 0 Å². The van der Waals surface area contributed by atoms with Crippen LogP contribution in [0.25, 0.3) is 0 Å². The third-order valence-electron chi connectivity index (χ3n) is 3.02. The maximum atomic E-state index is 5.99. The van der Waals surface area contributed by atoms with Crippen LogP contribution in [-0.2, 0) is 5.41 Å². The van der Waals surface area contributed by atoms with Crippen molar-refractivity contribution in [3.8, 4) is 5.75 Å². The molecule has 0 aliphatic heterocycles. The summed E-state index contributed by atoms with van der Waals surface area (Å²) < 4.78 is 5.99. The Hall–Kier alpha value is -1.02. The third-order valence-corrected chi connectivity index (χ3v) is 3.02. The first-order valence-corrected chi connectivity index (χ1v) is 6.73. The Morgan fingerprint density at radius 2 is 1.94 bits per heavy atom. The molecule has 0 aromatic heterocycles. The summed E-state index contributed by atoms with van der Waals surface area (Å²) >= 11 is 0. The second-order valence-electron chi connectivity index (χ2n) is 6.22. The van der Waals surface area contributed by atoms with E-state index in [1.807, 2.05) is 7.05 Å². The van der Waals surface area contributed by atoms with Gasteiger partial charge in [0.2, 0.25) is 0 Å². The molecule has 1 atom stereocenters. The number of ether oxygens (including phenoxy) is 1. The highest BCUT2D eigenvalue weighted by atomic mass is 16.5. The molecule has 0 amide bonds. The van der Waals surface area contributed by atoms with E-state index in [1.165, 1.54) is 11.1 Å². The number of aryl methyl sites for hydroxylation is 1. The summed E-state index contributed by atoms with van der Waals surface area (Å²) in [6.07, 6.45) is 0. The van der Waals surface area contributed by atoms with Crippen LogP contribution >= 0.6 is 0 Å². The molecule has 0 bridgehead atoms. The zero-order valence-electron chi connectivity index (χ0n) is 12.6. The molecule has 0 aliphatic carbocycles. The summed E-state index contributed by atoms with van der Waals surface area (Å²) in [5.74, 6) is 1.54. The van der Waals surface area contributed by atoms with E-state index in [0.29, 0.717) is 5.92 Å². The van der Waals surface area contributed by atoms with Crippen LogP contribution in [0, 0.1) is 12.8 Å². The molecule has 2 heteroatoms.